The molecule has 1 heterocycles. The first-order valence-corrected chi connectivity index (χ1v) is 5.36. The number of nitrogens with one attached hydrogen (secondary N) is 1. The van der Waals surface area contributed by atoms with E-state index < -0.39 is 0 Å². The third-order valence-electron chi connectivity index (χ3n) is 3.08. The Labute approximate surface area is 90.5 Å². The molecule has 1 aromatic heterocycles. The summed E-state index contributed by atoms with van der Waals surface area (Å²) in [6, 6.07) is 0. The van der Waals surface area contributed by atoms with Crippen LogP contribution < -0.4 is 5.32 Å². The normalized spacial score (nSPS) is 12.0. The Balaban J connectivity index is 2.58. The van der Waals surface area contributed by atoms with Gasteiger partial charge in [-0.15, -0.1) is 10.2 Å². The molecule has 2 N–H and O–H groups in total. The van der Waals surface area contributed by atoms with Crippen LogP contribution in [0.4, 0.5) is 0 Å². The van der Waals surface area contributed by atoms with E-state index >= 15 is 0 Å². The maximum atomic E-state index is 9.37. The van der Waals surface area contributed by atoms with E-state index in [9.17, 15) is 5.11 Å². The SMILES string of the molecule is CCC(CC)(CO)NCc1nncn1C. The van der Waals surface area contributed by atoms with E-state index in [-0.39, 0.29) is 12.1 Å². The fraction of sp³-hybridized carbons (Fsp3) is 0.800. The van der Waals surface area contributed by atoms with E-state index in [1.54, 1.807) is 6.33 Å². The molecule has 0 bridgehead atoms. The summed E-state index contributed by atoms with van der Waals surface area (Å²) in [5, 5.41) is 20.5. The predicted molar refractivity (Wildman–Crippen MR) is 58.2 cm³/mol. The van der Waals surface area contributed by atoms with Crippen molar-refractivity contribution in [3.8, 4) is 0 Å². The second-order valence-electron chi connectivity index (χ2n) is 3.86. The molecule has 1 rings (SSSR count). The Kier molecular flexibility index (Phi) is 4.23. The molecule has 0 fully saturated rings. The molecule has 86 valence electrons. The number of rotatable bonds is 6. The van der Waals surface area contributed by atoms with Gasteiger partial charge in [0.1, 0.15) is 12.2 Å². The molecule has 0 saturated carbocycles. The molecule has 0 aliphatic rings. The van der Waals surface area contributed by atoms with E-state index in [1.165, 1.54) is 0 Å². The number of aromatic nitrogens is 3. The van der Waals surface area contributed by atoms with Crippen LogP contribution in [-0.4, -0.2) is 32.0 Å². The van der Waals surface area contributed by atoms with Crippen LogP contribution in [-0.2, 0) is 13.6 Å². The molecule has 0 aliphatic carbocycles. The number of hydrogen-bond donors (Lipinski definition) is 2. The molecule has 5 heteroatoms. The predicted octanol–water partition coefficient (Wildman–Crippen LogP) is 0.456. The highest BCUT2D eigenvalue weighted by Gasteiger charge is 2.24. The summed E-state index contributed by atoms with van der Waals surface area (Å²) in [6.45, 7) is 4.93. The molecule has 0 aromatic carbocycles. The van der Waals surface area contributed by atoms with Gasteiger partial charge in [-0.25, -0.2) is 0 Å². The number of aliphatic hydroxyl groups excluding tert-OH is 1. The van der Waals surface area contributed by atoms with Gasteiger partial charge in [-0.1, -0.05) is 13.8 Å². The highest BCUT2D eigenvalue weighted by molar-refractivity contribution is 4.90. The molecule has 0 unspecified atom stereocenters. The third kappa shape index (κ3) is 2.76. The van der Waals surface area contributed by atoms with Crippen molar-refractivity contribution < 1.29 is 5.11 Å². The molecule has 0 saturated heterocycles. The van der Waals surface area contributed by atoms with Crippen LogP contribution in [0.1, 0.15) is 32.5 Å². The zero-order valence-corrected chi connectivity index (χ0v) is 9.69. The van der Waals surface area contributed by atoms with Gasteiger partial charge in [0, 0.05) is 12.6 Å². The van der Waals surface area contributed by atoms with Crippen molar-refractivity contribution in [2.24, 2.45) is 7.05 Å². The Hall–Kier alpha value is -0.940. The van der Waals surface area contributed by atoms with E-state index in [2.05, 4.69) is 29.4 Å². The lowest BCUT2D eigenvalue weighted by Crippen LogP contribution is -2.47. The van der Waals surface area contributed by atoms with Crippen molar-refractivity contribution in [2.75, 3.05) is 6.61 Å². The van der Waals surface area contributed by atoms with Crippen LogP contribution in [0.25, 0.3) is 0 Å². The van der Waals surface area contributed by atoms with E-state index in [0.29, 0.717) is 6.54 Å². The van der Waals surface area contributed by atoms with E-state index in [4.69, 9.17) is 0 Å². The molecular formula is C10H20N4O. The maximum absolute atomic E-state index is 9.37. The Bertz CT molecular complexity index is 285. The average Bonchev–Trinajstić information content (AvgIpc) is 2.67. The highest BCUT2D eigenvalue weighted by atomic mass is 16.3. The highest BCUT2D eigenvalue weighted by Crippen LogP contribution is 2.14. The first kappa shape index (κ1) is 12.1. The molecule has 1 aromatic rings. The van der Waals surface area contributed by atoms with Crippen LogP contribution in [0.3, 0.4) is 0 Å². The molecule has 0 spiro atoms. The third-order valence-corrected chi connectivity index (χ3v) is 3.08. The summed E-state index contributed by atoms with van der Waals surface area (Å²) >= 11 is 0. The van der Waals surface area contributed by atoms with Crippen LogP contribution in [0, 0.1) is 0 Å². The van der Waals surface area contributed by atoms with Crippen molar-refractivity contribution in [1.82, 2.24) is 20.1 Å². The summed E-state index contributed by atoms with van der Waals surface area (Å²) in [4.78, 5) is 0. The number of nitrogens with zero attached hydrogens (tertiary/aromatic N) is 3. The average molecular weight is 212 g/mol. The lowest BCUT2D eigenvalue weighted by Gasteiger charge is -2.30. The molecule has 0 radical (unpaired) electrons. The van der Waals surface area contributed by atoms with Gasteiger partial charge in [0.2, 0.25) is 0 Å². The minimum absolute atomic E-state index is 0.151. The molecular weight excluding hydrogens is 192 g/mol. The van der Waals surface area contributed by atoms with Crippen molar-refractivity contribution >= 4 is 0 Å². The quantitative estimate of drug-likeness (QED) is 0.719. The van der Waals surface area contributed by atoms with Crippen LogP contribution >= 0.6 is 0 Å². The van der Waals surface area contributed by atoms with Crippen molar-refractivity contribution in [3.63, 3.8) is 0 Å². The van der Waals surface area contributed by atoms with E-state index in [1.807, 2.05) is 11.6 Å². The van der Waals surface area contributed by atoms with Gasteiger partial charge in [0.05, 0.1) is 13.2 Å². The van der Waals surface area contributed by atoms with Crippen LogP contribution in [0.15, 0.2) is 6.33 Å². The smallest absolute Gasteiger partial charge is 0.146 e. The fourth-order valence-electron chi connectivity index (χ4n) is 1.51. The first-order valence-electron chi connectivity index (χ1n) is 5.36. The maximum Gasteiger partial charge on any atom is 0.146 e. The monoisotopic (exact) mass is 212 g/mol. The second kappa shape index (κ2) is 5.23. The standard InChI is InChI=1S/C10H20N4O/c1-4-10(5-2,7-15)11-6-9-13-12-8-14(9)3/h8,11,15H,4-7H2,1-3H3. The summed E-state index contributed by atoms with van der Waals surface area (Å²) < 4.78 is 1.88. The van der Waals surface area contributed by atoms with Gasteiger partial charge in [-0.05, 0) is 12.8 Å². The van der Waals surface area contributed by atoms with Gasteiger partial charge in [0.15, 0.2) is 0 Å². The molecule has 0 aliphatic heterocycles. The van der Waals surface area contributed by atoms with E-state index in [0.717, 1.165) is 18.7 Å². The minimum Gasteiger partial charge on any atom is -0.394 e. The molecule has 15 heavy (non-hydrogen) atoms. The topological polar surface area (TPSA) is 63.0 Å². The van der Waals surface area contributed by atoms with Crippen molar-refractivity contribution in [2.45, 2.75) is 38.8 Å². The Morgan fingerprint density at radius 2 is 2.13 bits per heavy atom. The van der Waals surface area contributed by atoms with Gasteiger partial charge >= 0.3 is 0 Å². The summed E-state index contributed by atoms with van der Waals surface area (Å²) in [5.74, 6) is 0.884. The zero-order valence-electron chi connectivity index (χ0n) is 9.69. The number of hydrogen-bond acceptors (Lipinski definition) is 4. The first-order chi connectivity index (χ1) is 7.17. The summed E-state index contributed by atoms with van der Waals surface area (Å²) in [6.07, 6.45) is 3.48. The molecule has 0 atom stereocenters. The van der Waals surface area contributed by atoms with Gasteiger partial charge in [-0.3, -0.25) is 0 Å². The second-order valence-corrected chi connectivity index (χ2v) is 3.86. The van der Waals surface area contributed by atoms with Gasteiger partial charge in [-0.2, -0.15) is 0 Å². The van der Waals surface area contributed by atoms with Crippen LogP contribution in [0.5, 0.6) is 0 Å². The molecule has 5 nitrogen and oxygen atoms in total. The largest absolute Gasteiger partial charge is 0.394 e. The summed E-state index contributed by atoms with van der Waals surface area (Å²) in [7, 11) is 1.91. The fourth-order valence-corrected chi connectivity index (χ4v) is 1.51. The lowest BCUT2D eigenvalue weighted by molar-refractivity contribution is 0.148. The number of aliphatic hydroxyl groups is 1. The lowest BCUT2D eigenvalue weighted by atomic mass is 9.94. The Morgan fingerprint density at radius 1 is 1.47 bits per heavy atom. The van der Waals surface area contributed by atoms with Crippen molar-refractivity contribution in [3.05, 3.63) is 12.2 Å². The van der Waals surface area contributed by atoms with Crippen molar-refractivity contribution in [1.29, 1.82) is 0 Å². The van der Waals surface area contributed by atoms with Gasteiger partial charge in [0.25, 0.3) is 0 Å². The van der Waals surface area contributed by atoms with Gasteiger partial charge < -0.3 is 15.0 Å². The minimum atomic E-state index is -0.189. The Morgan fingerprint density at radius 3 is 2.53 bits per heavy atom. The summed E-state index contributed by atoms with van der Waals surface area (Å²) in [5.41, 5.74) is -0.189. The zero-order chi connectivity index (χ0) is 11.3. The molecule has 0 amide bonds. The number of aryl methyl sites for hydroxylation is 1. The van der Waals surface area contributed by atoms with Crippen LogP contribution in [0.2, 0.25) is 0 Å².